The number of benzene rings is 3. The summed E-state index contributed by atoms with van der Waals surface area (Å²) < 4.78 is 53.4. The zero-order chi connectivity index (χ0) is 25.7. The minimum absolute atomic E-state index is 0.245. The van der Waals surface area contributed by atoms with Crippen LogP contribution in [0.25, 0.3) is 0 Å². The molecule has 0 aromatic heterocycles. The van der Waals surface area contributed by atoms with Gasteiger partial charge in [-0.25, -0.2) is 12.8 Å². The summed E-state index contributed by atoms with van der Waals surface area (Å²) in [5, 5.41) is 0.646. The molecular weight excluding hydrogens is 503 g/mol. The average Bonchev–Trinajstić information content (AvgIpc) is 2.89. The number of methoxy groups -OCH3 is 1. The first-order valence-electron chi connectivity index (χ1n) is 11.7. The van der Waals surface area contributed by atoms with Gasteiger partial charge in [-0.15, -0.1) is 0 Å². The molecule has 1 fully saturated rings. The van der Waals surface area contributed by atoms with Crippen molar-refractivity contribution in [1.82, 2.24) is 9.21 Å². The maximum absolute atomic E-state index is 14.3. The summed E-state index contributed by atoms with van der Waals surface area (Å²) in [4.78, 5) is 1.90. The van der Waals surface area contributed by atoms with Crippen LogP contribution in [0.3, 0.4) is 0 Å². The van der Waals surface area contributed by atoms with Crippen LogP contribution in [0, 0.1) is 12.7 Å². The quantitative estimate of drug-likeness (QED) is 0.385. The number of ether oxygens (including phenoxy) is 2. The van der Waals surface area contributed by atoms with Gasteiger partial charge in [0.1, 0.15) is 16.5 Å². The van der Waals surface area contributed by atoms with Crippen LogP contribution in [0.2, 0.25) is 5.02 Å². The molecule has 0 radical (unpaired) electrons. The number of aryl methyl sites for hydroxylation is 1. The second-order valence-corrected chi connectivity index (χ2v) is 11.2. The van der Waals surface area contributed by atoms with E-state index in [1.165, 1.54) is 16.4 Å². The van der Waals surface area contributed by atoms with Gasteiger partial charge in [-0.05, 0) is 60.0 Å². The Bertz CT molecular complexity index is 1280. The molecule has 3 aromatic carbocycles. The maximum atomic E-state index is 14.3. The molecule has 4 rings (SSSR count). The van der Waals surface area contributed by atoms with E-state index in [9.17, 15) is 12.8 Å². The van der Waals surface area contributed by atoms with Crippen LogP contribution in [-0.2, 0) is 21.4 Å². The fourth-order valence-corrected chi connectivity index (χ4v) is 5.92. The predicted molar refractivity (Wildman–Crippen MR) is 138 cm³/mol. The van der Waals surface area contributed by atoms with Crippen molar-refractivity contribution >= 4 is 21.6 Å². The zero-order valence-corrected chi connectivity index (χ0v) is 21.9. The van der Waals surface area contributed by atoms with E-state index in [-0.39, 0.29) is 24.1 Å². The molecule has 0 saturated carbocycles. The van der Waals surface area contributed by atoms with Crippen molar-refractivity contribution in [2.45, 2.75) is 24.5 Å². The van der Waals surface area contributed by atoms with Gasteiger partial charge in [-0.3, -0.25) is 4.90 Å². The van der Waals surface area contributed by atoms with E-state index in [0.717, 1.165) is 16.9 Å². The molecule has 3 aromatic rings. The first-order valence-corrected chi connectivity index (χ1v) is 13.6. The van der Waals surface area contributed by atoms with E-state index in [4.69, 9.17) is 21.1 Å². The van der Waals surface area contributed by atoms with Crippen LogP contribution in [0.5, 0.6) is 5.75 Å². The van der Waals surface area contributed by atoms with Gasteiger partial charge < -0.3 is 9.47 Å². The van der Waals surface area contributed by atoms with Gasteiger partial charge in [0.2, 0.25) is 10.0 Å². The van der Waals surface area contributed by atoms with Crippen LogP contribution in [0.15, 0.2) is 71.6 Å². The summed E-state index contributed by atoms with van der Waals surface area (Å²) in [7, 11) is -2.27. The third-order valence-electron chi connectivity index (χ3n) is 6.29. The Morgan fingerprint density at radius 3 is 2.42 bits per heavy atom. The summed E-state index contributed by atoms with van der Waals surface area (Å²) in [6.45, 7) is 4.30. The summed E-state index contributed by atoms with van der Waals surface area (Å²) in [6.07, 6.45) is -0.245. The Kier molecular flexibility index (Phi) is 8.64. The number of piperazine rings is 1. The summed E-state index contributed by atoms with van der Waals surface area (Å²) >= 11 is 6.09. The standard InChI is InChI=1S/C27H30ClFN2O4S/c1-20-6-11-25(29)27(16-20)36(32,33)31-14-12-30(13-15-31)18-26(22-7-9-23(28)10-8-22)35-19-21-4-3-5-24(17-21)34-2/h3-11,16-17,26H,12-15,18-19H2,1-2H3. The van der Waals surface area contributed by atoms with Gasteiger partial charge in [0.05, 0.1) is 19.8 Å². The minimum atomic E-state index is -3.90. The first kappa shape index (κ1) is 26.6. The highest BCUT2D eigenvalue weighted by atomic mass is 35.5. The highest BCUT2D eigenvalue weighted by molar-refractivity contribution is 7.89. The van der Waals surface area contributed by atoms with E-state index >= 15 is 0 Å². The third-order valence-corrected chi connectivity index (χ3v) is 8.45. The minimum Gasteiger partial charge on any atom is -0.497 e. The Morgan fingerprint density at radius 2 is 1.72 bits per heavy atom. The Hall–Kier alpha value is -2.49. The number of nitrogens with zero attached hydrogens (tertiary/aromatic N) is 2. The number of hydrogen-bond acceptors (Lipinski definition) is 5. The van der Waals surface area contributed by atoms with E-state index < -0.39 is 15.8 Å². The predicted octanol–water partition coefficient (Wildman–Crippen LogP) is 5.06. The molecule has 6 nitrogen and oxygen atoms in total. The molecule has 1 atom stereocenters. The number of halogens is 2. The second-order valence-electron chi connectivity index (χ2n) is 8.84. The van der Waals surface area contributed by atoms with E-state index in [1.807, 2.05) is 48.5 Å². The van der Waals surface area contributed by atoms with Crippen molar-refractivity contribution in [1.29, 1.82) is 0 Å². The molecule has 0 spiro atoms. The van der Waals surface area contributed by atoms with Gasteiger partial charge in [0.15, 0.2) is 0 Å². The fraction of sp³-hybridized carbons (Fsp3) is 0.333. The molecule has 1 heterocycles. The molecule has 9 heteroatoms. The topological polar surface area (TPSA) is 59.1 Å². The van der Waals surface area contributed by atoms with Crippen molar-refractivity contribution in [3.63, 3.8) is 0 Å². The molecule has 1 unspecified atom stereocenters. The van der Waals surface area contributed by atoms with Crippen LogP contribution in [0.1, 0.15) is 22.8 Å². The van der Waals surface area contributed by atoms with Crippen molar-refractivity contribution < 1.29 is 22.3 Å². The van der Waals surface area contributed by atoms with Crippen LogP contribution in [-0.4, -0.2) is 57.5 Å². The van der Waals surface area contributed by atoms with Gasteiger partial charge >= 0.3 is 0 Å². The van der Waals surface area contributed by atoms with Gasteiger partial charge in [-0.1, -0.05) is 41.9 Å². The molecule has 36 heavy (non-hydrogen) atoms. The molecule has 1 aliphatic rings. The van der Waals surface area contributed by atoms with Crippen LogP contribution >= 0.6 is 11.6 Å². The zero-order valence-electron chi connectivity index (χ0n) is 20.4. The number of rotatable bonds is 9. The van der Waals surface area contributed by atoms with E-state index in [2.05, 4.69) is 4.90 Å². The lowest BCUT2D eigenvalue weighted by Crippen LogP contribution is -2.49. The van der Waals surface area contributed by atoms with Crippen LogP contribution in [0.4, 0.5) is 4.39 Å². The first-order chi connectivity index (χ1) is 17.3. The second kappa shape index (κ2) is 11.7. The SMILES string of the molecule is COc1cccc(COC(CN2CCN(S(=O)(=O)c3cc(C)ccc3F)CC2)c2ccc(Cl)cc2)c1. The smallest absolute Gasteiger partial charge is 0.246 e. The van der Waals surface area contributed by atoms with Crippen molar-refractivity contribution in [3.05, 3.63) is 94.3 Å². The van der Waals surface area contributed by atoms with Gasteiger partial charge in [0.25, 0.3) is 0 Å². The Balaban J connectivity index is 1.43. The van der Waals surface area contributed by atoms with Crippen molar-refractivity contribution in [2.24, 2.45) is 0 Å². The molecule has 192 valence electrons. The maximum Gasteiger partial charge on any atom is 0.246 e. The fourth-order valence-electron chi connectivity index (χ4n) is 4.23. The summed E-state index contributed by atoms with van der Waals surface area (Å²) in [6, 6.07) is 19.4. The molecule has 0 N–H and O–H groups in total. The van der Waals surface area contributed by atoms with Crippen LogP contribution < -0.4 is 4.74 Å². The normalized spacial score (nSPS) is 16.1. The molecule has 1 saturated heterocycles. The molecular formula is C27H30ClFN2O4S. The van der Waals surface area contributed by atoms with Gasteiger partial charge in [-0.2, -0.15) is 4.31 Å². The van der Waals surface area contributed by atoms with E-state index in [0.29, 0.717) is 36.8 Å². The highest BCUT2D eigenvalue weighted by Gasteiger charge is 2.31. The van der Waals surface area contributed by atoms with E-state index in [1.54, 1.807) is 20.1 Å². The van der Waals surface area contributed by atoms with Crippen molar-refractivity contribution in [3.8, 4) is 5.75 Å². The van der Waals surface area contributed by atoms with Gasteiger partial charge in [0, 0.05) is 37.7 Å². The molecule has 0 bridgehead atoms. The molecule has 0 aliphatic carbocycles. The molecule has 1 aliphatic heterocycles. The largest absolute Gasteiger partial charge is 0.497 e. The summed E-state index contributed by atoms with van der Waals surface area (Å²) in [5.74, 6) is 0.0401. The third kappa shape index (κ3) is 6.44. The lowest BCUT2D eigenvalue weighted by Gasteiger charge is -2.36. The Labute approximate surface area is 217 Å². The lowest BCUT2D eigenvalue weighted by molar-refractivity contribution is 0.00766. The number of hydrogen-bond donors (Lipinski definition) is 0. The molecule has 0 amide bonds. The highest BCUT2D eigenvalue weighted by Crippen LogP contribution is 2.26. The Morgan fingerprint density at radius 1 is 1.00 bits per heavy atom. The average molecular weight is 533 g/mol. The lowest BCUT2D eigenvalue weighted by atomic mass is 10.1. The number of sulfonamides is 1. The van der Waals surface area contributed by atoms with Crippen molar-refractivity contribution in [2.75, 3.05) is 39.8 Å². The monoisotopic (exact) mass is 532 g/mol. The summed E-state index contributed by atoms with van der Waals surface area (Å²) in [5.41, 5.74) is 2.68.